The van der Waals surface area contributed by atoms with Gasteiger partial charge < -0.3 is 20.1 Å². The van der Waals surface area contributed by atoms with Crippen LogP contribution in [0.2, 0.25) is 0 Å². The van der Waals surface area contributed by atoms with E-state index in [4.69, 9.17) is 10.9 Å². The number of amidine groups is 1. The second-order valence-corrected chi connectivity index (χ2v) is 4.14. The van der Waals surface area contributed by atoms with Crippen molar-refractivity contribution in [1.82, 2.24) is 9.13 Å². The van der Waals surface area contributed by atoms with Gasteiger partial charge in [0.25, 0.3) is 11.1 Å². The molecule has 0 atom stereocenters. The molecule has 2 aromatic rings. The largest absolute Gasteiger partial charge is 0.409 e. The van der Waals surface area contributed by atoms with Gasteiger partial charge in [0.1, 0.15) is 0 Å². The minimum absolute atomic E-state index is 0.121. The molecule has 3 N–H and O–H groups in total. The maximum Gasteiger partial charge on any atom is 0.261 e. The minimum Gasteiger partial charge on any atom is -0.409 e. The van der Waals surface area contributed by atoms with Crippen molar-refractivity contribution in [2.45, 2.75) is 13.1 Å². The summed E-state index contributed by atoms with van der Waals surface area (Å²) in [6.07, 6.45) is 3.24. The van der Waals surface area contributed by atoms with E-state index >= 15 is 0 Å². The lowest BCUT2D eigenvalue weighted by Gasteiger charge is -2.09. The molecule has 0 saturated carbocycles. The van der Waals surface area contributed by atoms with Crippen molar-refractivity contribution in [2.24, 2.45) is 10.9 Å². The van der Waals surface area contributed by atoms with Crippen LogP contribution in [-0.2, 0) is 13.1 Å². The number of nitrogens with two attached hydrogens (primary N) is 1. The van der Waals surface area contributed by atoms with Crippen LogP contribution < -0.4 is 16.9 Å². The van der Waals surface area contributed by atoms with Crippen molar-refractivity contribution in [3.05, 3.63) is 69.0 Å². The molecule has 2 heterocycles. The second kappa shape index (κ2) is 5.87. The lowest BCUT2D eigenvalue weighted by atomic mass is 10.2. The van der Waals surface area contributed by atoms with Crippen LogP contribution in [0, 0.1) is 0 Å². The molecule has 0 aliphatic rings. The van der Waals surface area contributed by atoms with Crippen LogP contribution in [0.4, 0.5) is 0 Å². The van der Waals surface area contributed by atoms with E-state index < -0.39 is 0 Å². The van der Waals surface area contributed by atoms with Gasteiger partial charge in [0.2, 0.25) is 0 Å². The van der Waals surface area contributed by atoms with Crippen LogP contribution in [0.1, 0.15) is 5.56 Å². The third-order valence-corrected chi connectivity index (χ3v) is 2.88. The molecular formula is C13H14N4O3. The van der Waals surface area contributed by atoms with Crippen LogP contribution in [0.15, 0.2) is 57.5 Å². The van der Waals surface area contributed by atoms with Crippen LogP contribution >= 0.6 is 0 Å². The number of nitrogens with zero attached hydrogens (tertiary/aromatic N) is 3. The summed E-state index contributed by atoms with van der Waals surface area (Å²) in [6.45, 7) is 0.675. The van der Waals surface area contributed by atoms with Gasteiger partial charge >= 0.3 is 0 Å². The SMILES string of the molecule is N/C(=N/O)c1cccn(CCn2ccccc2=O)c1=O. The Kier molecular flexibility index (Phi) is 3.99. The first-order chi connectivity index (χ1) is 9.63. The highest BCUT2D eigenvalue weighted by Crippen LogP contribution is 1.93. The summed E-state index contributed by atoms with van der Waals surface area (Å²) in [7, 11) is 0. The molecule has 0 unspecified atom stereocenters. The van der Waals surface area contributed by atoms with E-state index in [-0.39, 0.29) is 22.5 Å². The Morgan fingerprint density at radius 1 is 1.10 bits per heavy atom. The fraction of sp³-hybridized carbons (Fsp3) is 0.154. The molecule has 0 aromatic carbocycles. The Bertz CT molecular complexity index is 746. The maximum absolute atomic E-state index is 12.1. The number of hydrogen-bond acceptors (Lipinski definition) is 4. The Labute approximate surface area is 114 Å². The van der Waals surface area contributed by atoms with E-state index in [1.807, 2.05) is 0 Å². The average Bonchev–Trinajstić information content (AvgIpc) is 2.47. The van der Waals surface area contributed by atoms with Gasteiger partial charge in [0.15, 0.2) is 5.84 Å². The molecule has 104 valence electrons. The normalized spacial score (nSPS) is 11.5. The fourth-order valence-electron chi connectivity index (χ4n) is 1.82. The zero-order chi connectivity index (χ0) is 14.5. The van der Waals surface area contributed by atoms with Crippen molar-refractivity contribution in [1.29, 1.82) is 0 Å². The third-order valence-electron chi connectivity index (χ3n) is 2.88. The molecular weight excluding hydrogens is 260 g/mol. The quantitative estimate of drug-likeness (QED) is 0.349. The minimum atomic E-state index is -0.369. The summed E-state index contributed by atoms with van der Waals surface area (Å²) in [5.74, 6) is -0.235. The van der Waals surface area contributed by atoms with Crippen LogP contribution in [-0.4, -0.2) is 20.2 Å². The Balaban J connectivity index is 2.25. The van der Waals surface area contributed by atoms with Gasteiger partial charge in [-0.2, -0.15) is 0 Å². The molecule has 2 rings (SSSR count). The molecule has 0 spiro atoms. The zero-order valence-corrected chi connectivity index (χ0v) is 10.6. The summed E-state index contributed by atoms with van der Waals surface area (Å²) in [5.41, 5.74) is 5.05. The third kappa shape index (κ3) is 2.77. The van der Waals surface area contributed by atoms with Gasteiger partial charge in [-0.15, -0.1) is 0 Å². The number of rotatable bonds is 4. The average molecular weight is 274 g/mol. The highest BCUT2D eigenvalue weighted by atomic mass is 16.4. The molecule has 0 fully saturated rings. The van der Waals surface area contributed by atoms with E-state index in [2.05, 4.69) is 5.16 Å². The summed E-state index contributed by atoms with van der Waals surface area (Å²) in [6, 6.07) is 7.96. The number of oxime groups is 1. The number of pyridine rings is 2. The van der Waals surface area contributed by atoms with Crippen LogP contribution in [0.5, 0.6) is 0 Å². The summed E-state index contributed by atoms with van der Waals surface area (Å²) >= 11 is 0. The van der Waals surface area contributed by atoms with Crippen molar-refractivity contribution in [3.8, 4) is 0 Å². The van der Waals surface area contributed by atoms with E-state index in [0.717, 1.165) is 0 Å². The summed E-state index contributed by atoms with van der Waals surface area (Å²) < 4.78 is 2.91. The van der Waals surface area contributed by atoms with Gasteiger partial charge in [0, 0.05) is 31.5 Å². The van der Waals surface area contributed by atoms with Crippen molar-refractivity contribution >= 4 is 5.84 Å². The van der Waals surface area contributed by atoms with Gasteiger partial charge in [-0.3, -0.25) is 9.59 Å². The molecule has 0 bridgehead atoms. The van der Waals surface area contributed by atoms with Crippen LogP contribution in [0.25, 0.3) is 0 Å². The molecule has 2 aromatic heterocycles. The number of aryl methyl sites for hydroxylation is 2. The van der Waals surface area contributed by atoms with Gasteiger partial charge in [0.05, 0.1) is 5.56 Å². The van der Waals surface area contributed by atoms with Gasteiger partial charge in [-0.1, -0.05) is 11.2 Å². The molecule has 7 heteroatoms. The summed E-state index contributed by atoms with van der Waals surface area (Å²) in [4.78, 5) is 23.6. The highest BCUT2D eigenvalue weighted by molar-refractivity contribution is 5.96. The Morgan fingerprint density at radius 2 is 1.80 bits per heavy atom. The zero-order valence-electron chi connectivity index (χ0n) is 10.6. The second-order valence-electron chi connectivity index (χ2n) is 4.14. The summed E-state index contributed by atoms with van der Waals surface area (Å²) in [5, 5.41) is 11.4. The Morgan fingerprint density at radius 3 is 2.50 bits per heavy atom. The predicted molar refractivity (Wildman–Crippen MR) is 73.9 cm³/mol. The van der Waals surface area contributed by atoms with Gasteiger partial charge in [-0.25, -0.2) is 0 Å². The first-order valence-corrected chi connectivity index (χ1v) is 5.96. The monoisotopic (exact) mass is 274 g/mol. The number of aromatic nitrogens is 2. The topological polar surface area (TPSA) is 103 Å². The van der Waals surface area contributed by atoms with Crippen molar-refractivity contribution in [3.63, 3.8) is 0 Å². The van der Waals surface area contributed by atoms with Crippen LogP contribution in [0.3, 0.4) is 0 Å². The van der Waals surface area contributed by atoms with E-state index in [9.17, 15) is 9.59 Å². The maximum atomic E-state index is 12.1. The first-order valence-electron chi connectivity index (χ1n) is 5.96. The van der Waals surface area contributed by atoms with Gasteiger partial charge in [-0.05, 0) is 18.2 Å². The molecule has 0 radical (unpaired) electrons. The highest BCUT2D eigenvalue weighted by Gasteiger charge is 2.07. The Hall–Kier alpha value is -2.83. The van der Waals surface area contributed by atoms with E-state index in [0.29, 0.717) is 13.1 Å². The molecule has 7 nitrogen and oxygen atoms in total. The van der Waals surface area contributed by atoms with Crippen molar-refractivity contribution in [2.75, 3.05) is 0 Å². The molecule has 0 aliphatic carbocycles. The van der Waals surface area contributed by atoms with E-state index in [1.54, 1.807) is 30.6 Å². The molecule has 0 aliphatic heterocycles. The lowest BCUT2D eigenvalue weighted by molar-refractivity contribution is 0.318. The predicted octanol–water partition coefficient (Wildman–Crippen LogP) is -0.195. The number of hydrogen-bond donors (Lipinski definition) is 2. The smallest absolute Gasteiger partial charge is 0.261 e. The molecule has 20 heavy (non-hydrogen) atoms. The molecule has 0 saturated heterocycles. The van der Waals surface area contributed by atoms with E-state index in [1.165, 1.54) is 21.3 Å². The fourth-order valence-corrected chi connectivity index (χ4v) is 1.82. The van der Waals surface area contributed by atoms with Crippen molar-refractivity contribution < 1.29 is 5.21 Å². The first kappa shape index (κ1) is 13.6. The molecule has 0 amide bonds. The lowest BCUT2D eigenvalue weighted by Crippen LogP contribution is -2.31. The standard InChI is InChI=1S/C13H14N4O3/c14-12(15-20)10-4-3-7-17(13(10)19)9-8-16-6-2-1-5-11(16)18/h1-7,20H,8-9H2,(H2,14,15).